The fraction of sp³-hybridized carbons (Fsp3) is 0.129. The zero-order chi connectivity index (χ0) is 46.7. The van der Waals surface area contributed by atoms with Gasteiger partial charge in [0.2, 0.25) is 0 Å². The lowest BCUT2D eigenvalue weighted by molar-refractivity contribution is 0.462. The molecule has 332 valence electrons. The van der Waals surface area contributed by atoms with Gasteiger partial charge in [0.05, 0.1) is 11.4 Å². The van der Waals surface area contributed by atoms with Crippen molar-refractivity contribution in [2.45, 2.75) is 52.4 Å². The van der Waals surface area contributed by atoms with E-state index in [1.54, 1.807) is 0 Å². The van der Waals surface area contributed by atoms with Crippen LogP contribution in [-0.2, 0) is 10.8 Å². The van der Waals surface area contributed by atoms with Gasteiger partial charge in [-0.05, 0) is 90.1 Å². The minimum Gasteiger partial charge on any atom is -0.458 e. The second-order valence-electron chi connectivity index (χ2n) is 21.9. The van der Waals surface area contributed by atoms with Crippen molar-refractivity contribution >= 4 is 107 Å². The first-order chi connectivity index (χ1) is 34.0. The maximum absolute atomic E-state index is 7.64. The molecule has 16 rings (SSSR count). The van der Waals surface area contributed by atoms with Gasteiger partial charge in [-0.25, -0.2) is 0 Å². The van der Waals surface area contributed by atoms with Crippen LogP contribution in [0.3, 0.4) is 0 Å². The molecule has 0 aliphatic carbocycles. The molecular formula is C62H43B2NO5. The summed E-state index contributed by atoms with van der Waals surface area (Å²) in [6.45, 7) is 13.3. The average molecular weight is 904 g/mol. The molecule has 0 spiro atoms. The van der Waals surface area contributed by atoms with Crippen LogP contribution in [0.5, 0.6) is 34.5 Å². The van der Waals surface area contributed by atoms with Crippen molar-refractivity contribution in [1.29, 1.82) is 0 Å². The van der Waals surface area contributed by atoms with E-state index in [1.807, 2.05) is 12.1 Å². The summed E-state index contributed by atoms with van der Waals surface area (Å²) in [4.78, 5) is 2.48. The zero-order valence-corrected chi connectivity index (χ0v) is 39.6. The molecule has 0 amide bonds. The predicted molar refractivity (Wildman–Crippen MR) is 286 cm³/mol. The lowest BCUT2D eigenvalue weighted by atomic mass is 9.29. The first kappa shape index (κ1) is 38.8. The Kier molecular flexibility index (Phi) is 7.19. The van der Waals surface area contributed by atoms with E-state index in [1.165, 1.54) is 11.1 Å². The Bertz CT molecular complexity index is 3930. The number of nitrogens with zero attached hydrogens (tertiary/aromatic N) is 1. The van der Waals surface area contributed by atoms with Crippen molar-refractivity contribution in [3.8, 4) is 56.8 Å². The monoisotopic (exact) mass is 903 g/mol. The number of hydrogen-bond donors (Lipinski definition) is 0. The van der Waals surface area contributed by atoms with Crippen LogP contribution in [0.4, 0.5) is 17.1 Å². The number of fused-ring (bicyclic) bond motifs is 14. The van der Waals surface area contributed by atoms with Crippen molar-refractivity contribution in [3.63, 3.8) is 0 Å². The molecule has 70 heavy (non-hydrogen) atoms. The molecule has 7 heterocycles. The van der Waals surface area contributed by atoms with Crippen LogP contribution in [0.15, 0.2) is 160 Å². The van der Waals surface area contributed by atoms with E-state index in [-0.39, 0.29) is 24.3 Å². The summed E-state index contributed by atoms with van der Waals surface area (Å²) >= 11 is 0. The summed E-state index contributed by atoms with van der Waals surface area (Å²) in [7, 11) is 0. The first-order valence-electron chi connectivity index (χ1n) is 24.5. The molecule has 0 N–H and O–H groups in total. The second kappa shape index (κ2) is 13.0. The summed E-state index contributed by atoms with van der Waals surface area (Å²) in [5.41, 5.74) is 19.3. The molecule has 0 radical (unpaired) electrons. The third kappa shape index (κ3) is 4.90. The number of rotatable bonds is 2. The van der Waals surface area contributed by atoms with E-state index in [2.05, 4.69) is 186 Å². The minimum absolute atomic E-state index is 0.160. The smallest absolute Gasteiger partial charge is 0.256 e. The van der Waals surface area contributed by atoms with Gasteiger partial charge in [0.15, 0.2) is 22.7 Å². The van der Waals surface area contributed by atoms with Crippen molar-refractivity contribution in [3.05, 3.63) is 163 Å². The molecule has 5 aliphatic rings. The molecule has 0 bridgehead atoms. The van der Waals surface area contributed by atoms with Gasteiger partial charge in [-0.1, -0.05) is 163 Å². The number of hydrogen-bond acceptors (Lipinski definition) is 6. The van der Waals surface area contributed by atoms with E-state index in [0.717, 1.165) is 128 Å². The fourth-order valence-electron chi connectivity index (χ4n) is 12.5. The zero-order valence-electron chi connectivity index (χ0n) is 39.6. The minimum atomic E-state index is -0.239. The molecule has 11 aromatic rings. The van der Waals surface area contributed by atoms with Gasteiger partial charge in [-0.3, -0.25) is 0 Å². The largest absolute Gasteiger partial charge is 0.458 e. The first-order valence-corrected chi connectivity index (χ1v) is 24.5. The predicted octanol–water partition coefficient (Wildman–Crippen LogP) is 12.9. The van der Waals surface area contributed by atoms with Crippen molar-refractivity contribution in [1.82, 2.24) is 0 Å². The third-order valence-corrected chi connectivity index (χ3v) is 15.8. The van der Waals surface area contributed by atoms with Gasteiger partial charge >= 0.3 is 0 Å². The van der Waals surface area contributed by atoms with E-state index >= 15 is 0 Å². The van der Waals surface area contributed by atoms with Gasteiger partial charge in [-0.15, -0.1) is 0 Å². The van der Waals surface area contributed by atoms with Crippen molar-refractivity contribution in [2.75, 3.05) is 4.90 Å². The van der Waals surface area contributed by atoms with Gasteiger partial charge < -0.3 is 27.9 Å². The van der Waals surface area contributed by atoms with E-state index in [0.29, 0.717) is 22.7 Å². The molecule has 9 aromatic carbocycles. The maximum atomic E-state index is 7.64. The Hall–Kier alpha value is -8.09. The third-order valence-electron chi connectivity index (χ3n) is 15.8. The standard InChI is InChI=1S/C62H43B2NO5/c1-61(2,3)34-25-38(32-17-9-7-10-18-32)55-44(27-34)63-42-29-40-36-21-13-15-23-46(36)66-57(40)59-52(42)65-53-43(30-41-37-22-14-16-24-47(37)67-58(41)60(53)70-59)64-45-28-35(62(4,5)6)26-39(33-19-11-8-12-20-33)56(45)69-49-31-48(68-55)50(63)54(65)51(49)64/h7-31H,1-6H3. The van der Waals surface area contributed by atoms with Crippen LogP contribution >= 0.6 is 0 Å². The van der Waals surface area contributed by atoms with E-state index < -0.39 is 0 Å². The van der Waals surface area contributed by atoms with Crippen LogP contribution in [0, 0.1) is 0 Å². The maximum Gasteiger partial charge on any atom is 0.256 e. The van der Waals surface area contributed by atoms with Crippen LogP contribution in [-0.4, -0.2) is 13.4 Å². The second-order valence-corrected chi connectivity index (χ2v) is 21.9. The van der Waals surface area contributed by atoms with Crippen molar-refractivity contribution < 1.29 is 23.0 Å². The Balaban J connectivity index is 1.10. The molecule has 0 fully saturated rings. The molecule has 0 unspecified atom stereocenters. The molecule has 0 saturated carbocycles. The summed E-state index contributed by atoms with van der Waals surface area (Å²) in [5.74, 6) is 4.64. The number of ether oxygens (including phenoxy) is 3. The summed E-state index contributed by atoms with van der Waals surface area (Å²) < 4.78 is 36.6. The SMILES string of the molecule is CC(C)(C)c1cc2c(c(-c3ccccc3)c1)Oc1cc3c4c5c1B2c1cc2c(oc6ccccc62)c2c1N5c1c(cc5c(oc6ccccc65)c1O2)B4c1cc(C(C)(C)C)cc(-c2ccccc2)c1O3. The van der Waals surface area contributed by atoms with Crippen LogP contribution in [0.2, 0.25) is 0 Å². The van der Waals surface area contributed by atoms with Gasteiger partial charge in [0.1, 0.15) is 34.2 Å². The highest BCUT2D eigenvalue weighted by molar-refractivity contribution is 7.04. The molecule has 0 saturated heterocycles. The van der Waals surface area contributed by atoms with E-state index in [4.69, 9.17) is 23.0 Å². The highest BCUT2D eigenvalue weighted by Crippen LogP contribution is 2.60. The lowest BCUT2D eigenvalue weighted by Crippen LogP contribution is -2.67. The fourth-order valence-corrected chi connectivity index (χ4v) is 12.5. The van der Waals surface area contributed by atoms with Crippen LogP contribution in [0.25, 0.3) is 66.1 Å². The molecule has 2 aromatic heterocycles. The van der Waals surface area contributed by atoms with Crippen LogP contribution in [0.1, 0.15) is 52.7 Å². The summed E-state index contributed by atoms with van der Waals surface area (Å²) in [5, 5.41) is 4.09. The normalized spacial score (nSPS) is 14.4. The van der Waals surface area contributed by atoms with E-state index in [9.17, 15) is 0 Å². The molecule has 5 aliphatic heterocycles. The van der Waals surface area contributed by atoms with Crippen molar-refractivity contribution in [2.24, 2.45) is 0 Å². The van der Waals surface area contributed by atoms with Gasteiger partial charge in [-0.2, -0.15) is 0 Å². The number of anilines is 3. The molecule has 6 nitrogen and oxygen atoms in total. The average Bonchev–Trinajstić information content (AvgIpc) is 3.94. The molecule has 0 atom stereocenters. The highest BCUT2D eigenvalue weighted by atomic mass is 16.5. The number of benzene rings is 9. The Morgan fingerprint density at radius 1 is 0.386 bits per heavy atom. The molecular weight excluding hydrogens is 860 g/mol. The Morgan fingerprint density at radius 2 is 0.814 bits per heavy atom. The lowest BCUT2D eigenvalue weighted by Gasteiger charge is -2.49. The quantitative estimate of drug-likeness (QED) is 0.161. The number of furan rings is 2. The Morgan fingerprint density at radius 3 is 1.26 bits per heavy atom. The number of para-hydroxylation sites is 2. The van der Waals surface area contributed by atoms with Gasteiger partial charge in [0.25, 0.3) is 13.4 Å². The van der Waals surface area contributed by atoms with Crippen LogP contribution < -0.4 is 51.9 Å². The summed E-state index contributed by atoms with van der Waals surface area (Å²) in [6.07, 6.45) is 0. The highest BCUT2D eigenvalue weighted by Gasteiger charge is 2.55. The summed E-state index contributed by atoms with van der Waals surface area (Å²) in [6, 6.07) is 54.5. The Labute approximate surface area is 405 Å². The molecule has 8 heteroatoms. The topological polar surface area (TPSA) is 57.2 Å². The van der Waals surface area contributed by atoms with Gasteiger partial charge in [0, 0.05) is 44.4 Å².